The first-order valence-corrected chi connectivity index (χ1v) is 14.5. The third-order valence-electron chi connectivity index (χ3n) is 4.22. The molecule has 1 aromatic carbocycles. The van der Waals surface area contributed by atoms with Gasteiger partial charge in [0.05, 0.1) is 16.3 Å². The van der Waals surface area contributed by atoms with Crippen LogP contribution in [0.4, 0.5) is 0 Å². The van der Waals surface area contributed by atoms with Gasteiger partial charge in [-0.2, -0.15) is 0 Å². The summed E-state index contributed by atoms with van der Waals surface area (Å²) in [7, 11) is 0. The van der Waals surface area contributed by atoms with Crippen molar-refractivity contribution in [3.63, 3.8) is 0 Å². The lowest BCUT2D eigenvalue weighted by Gasteiger charge is -2.16. The van der Waals surface area contributed by atoms with Crippen molar-refractivity contribution in [2.24, 2.45) is 5.73 Å². The largest absolute Gasteiger partial charge is 0.322 e. The molecule has 2 unspecified atom stereocenters. The quantitative estimate of drug-likeness (QED) is 0.207. The molecule has 180 valence electrons. The standard InChI is InChI=1S/C19H20N4S3.C3H6.2C2H6/c1-2-3-10-25-19-14(20)13-15(12-7-5-4-6-8-12)22-16(23-17(13)26-19)18-21-9-11-24-18;1-3-2;2*1-2/h4-9,11,14,19H,2-3,10,20H2,1H3;3H,1H2,2H3;2*1-2H3. The second kappa shape index (κ2) is 16.9. The number of allylic oxidation sites excluding steroid dienone is 1. The van der Waals surface area contributed by atoms with Gasteiger partial charge in [-0.25, -0.2) is 15.0 Å². The van der Waals surface area contributed by atoms with Crippen LogP contribution in [-0.2, 0) is 0 Å². The summed E-state index contributed by atoms with van der Waals surface area (Å²) in [5.41, 5.74) is 9.75. The SMILES string of the molecule is C=CC.CC.CC.CCCCSC1Sc2nc(-c3nccs3)nc(-c3ccccc3)c2C1N. The monoisotopic (exact) mass is 502 g/mol. The van der Waals surface area contributed by atoms with E-state index in [1.807, 2.05) is 70.0 Å². The van der Waals surface area contributed by atoms with E-state index in [9.17, 15) is 0 Å². The highest BCUT2D eigenvalue weighted by molar-refractivity contribution is 8.17. The second-order valence-corrected chi connectivity index (χ2v) is 10.0. The summed E-state index contributed by atoms with van der Waals surface area (Å²) in [5, 5.41) is 3.81. The van der Waals surface area contributed by atoms with E-state index in [-0.39, 0.29) is 6.04 Å². The Hall–Kier alpha value is -1.67. The highest BCUT2D eigenvalue weighted by Gasteiger charge is 2.36. The van der Waals surface area contributed by atoms with E-state index in [1.165, 1.54) is 12.8 Å². The Kier molecular flexibility index (Phi) is 15.0. The van der Waals surface area contributed by atoms with Crippen molar-refractivity contribution in [3.05, 3.63) is 60.1 Å². The van der Waals surface area contributed by atoms with Crippen molar-refractivity contribution >= 4 is 34.9 Å². The van der Waals surface area contributed by atoms with Crippen LogP contribution in [0, 0.1) is 0 Å². The number of nitrogens with zero attached hydrogens (tertiary/aromatic N) is 3. The summed E-state index contributed by atoms with van der Waals surface area (Å²) in [5.74, 6) is 1.82. The van der Waals surface area contributed by atoms with Gasteiger partial charge in [0.15, 0.2) is 10.8 Å². The van der Waals surface area contributed by atoms with Crippen molar-refractivity contribution in [2.75, 3.05) is 5.75 Å². The molecule has 2 N–H and O–H groups in total. The molecule has 3 aromatic rings. The Morgan fingerprint density at radius 1 is 1.12 bits per heavy atom. The molecule has 0 bridgehead atoms. The average molecular weight is 503 g/mol. The molecule has 0 aliphatic carbocycles. The van der Waals surface area contributed by atoms with E-state index in [4.69, 9.17) is 15.7 Å². The fourth-order valence-corrected chi connectivity index (χ4v) is 6.32. The number of unbranched alkanes of at least 4 members (excludes halogenated alkanes) is 1. The van der Waals surface area contributed by atoms with Gasteiger partial charge in [-0.1, -0.05) is 89.2 Å². The van der Waals surface area contributed by atoms with Crippen LogP contribution >= 0.6 is 34.9 Å². The van der Waals surface area contributed by atoms with Crippen LogP contribution in [-0.4, -0.2) is 25.3 Å². The van der Waals surface area contributed by atoms with E-state index >= 15 is 0 Å². The minimum Gasteiger partial charge on any atom is -0.322 e. The molecular weight excluding hydrogens is 465 g/mol. The number of hydrogen-bond donors (Lipinski definition) is 1. The van der Waals surface area contributed by atoms with Crippen molar-refractivity contribution in [3.8, 4) is 22.1 Å². The molecule has 0 radical (unpaired) electrons. The van der Waals surface area contributed by atoms with Crippen LogP contribution in [0.25, 0.3) is 22.1 Å². The number of nitrogens with two attached hydrogens (primary N) is 1. The zero-order valence-electron chi connectivity index (χ0n) is 20.7. The van der Waals surface area contributed by atoms with Gasteiger partial charge in [0.25, 0.3) is 0 Å². The van der Waals surface area contributed by atoms with Gasteiger partial charge in [0.1, 0.15) is 5.03 Å². The van der Waals surface area contributed by atoms with Crippen molar-refractivity contribution in [1.82, 2.24) is 15.0 Å². The third kappa shape index (κ3) is 8.25. The summed E-state index contributed by atoms with van der Waals surface area (Å²) in [6, 6.07) is 10.2. The maximum Gasteiger partial charge on any atom is 0.190 e. The van der Waals surface area contributed by atoms with Gasteiger partial charge < -0.3 is 5.73 Å². The summed E-state index contributed by atoms with van der Waals surface area (Å²) in [6.45, 7) is 15.5. The minimum absolute atomic E-state index is 0.0580. The molecule has 7 heteroatoms. The van der Waals surface area contributed by atoms with Gasteiger partial charge in [0.2, 0.25) is 0 Å². The summed E-state index contributed by atoms with van der Waals surface area (Å²) in [6.07, 6.45) is 5.96. The van der Waals surface area contributed by atoms with Crippen molar-refractivity contribution in [2.45, 2.75) is 70.0 Å². The van der Waals surface area contributed by atoms with Gasteiger partial charge in [-0.3, -0.25) is 0 Å². The Morgan fingerprint density at radius 2 is 1.79 bits per heavy atom. The minimum atomic E-state index is -0.0580. The summed E-state index contributed by atoms with van der Waals surface area (Å²) >= 11 is 5.28. The molecule has 2 aromatic heterocycles. The number of thiazole rings is 1. The fourth-order valence-electron chi connectivity index (χ4n) is 2.89. The van der Waals surface area contributed by atoms with Crippen molar-refractivity contribution < 1.29 is 0 Å². The van der Waals surface area contributed by atoms with Crippen LogP contribution in [0.15, 0.2) is 59.6 Å². The molecule has 1 aliphatic heterocycles. The molecule has 0 amide bonds. The fraction of sp³-hybridized carbons (Fsp3) is 0.423. The topological polar surface area (TPSA) is 64.7 Å². The number of fused-ring (bicyclic) bond motifs is 1. The van der Waals surface area contributed by atoms with E-state index in [0.29, 0.717) is 10.4 Å². The third-order valence-corrected chi connectivity index (χ3v) is 7.89. The summed E-state index contributed by atoms with van der Waals surface area (Å²) in [4.78, 5) is 14.1. The lowest BCUT2D eigenvalue weighted by molar-refractivity contribution is 0.786. The maximum absolute atomic E-state index is 6.65. The molecule has 2 atom stereocenters. The number of benzene rings is 1. The molecule has 4 nitrogen and oxygen atoms in total. The smallest absolute Gasteiger partial charge is 0.190 e. The molecule has 3 heterocycles. The highest BCUT2D eigenvalue weighted by atomic mass is 32.2. The normalized spacial score (nSPS) is 15.6. The predicted molar refractivity (Wildman–Crippen MR) is 151 cm³/mol. The average Bonchev–Trinajstić information content (AvgIpc) is 3.51. The first-order chi connectivity index (χ1) is 16.2. The van der Waals surface area contributed by atoms with E-state index in [0.717, 1.165) is 32.6 Å². The first kappa shape index (κ1) is 29.4. The predicted octanol–water partition coefficient (Wildman–Crippen LogP) is 8.48. The zero-order valence-corrected chi connectivity index (χ0v) is 23.2. The number of hydrogen-bond acceptors (Lipinski definition) is 7. The van der Waals surface area contributed by atoms with Crippen LogP contribution < -0.4 is 5.73 Å². The highest BCUT2D eigenvalue weighted by Crippen LogP contribution is 2.50. The zero-order chi connectivity index (χ0) is 24.6. The lowest BCUT2D eigenvalue weighted by Crippen LogP contribution is -2.18. The Labute approximate surface area is 212 Å². The number of aromatic nitrogens is 3. The van der Waals surface area contributed by atoms with Gasteiger partial charge in [-0.05, 0) is 19.1 Å². The molecular formula is C26H38N4S3. The molecule has 0 saturated carbocycles. The first-order valence-electron chi connectivity index (χ1n) is 11.7. The molecule has 33 heavy (non-hydrogen) atoms. The van der Waals surface area contributed by atoms with Crippen LogP contribution in [0.5, 0.6) is 0 Å². The van der Waals surface area contributed by atoms with E-state index in [1.54, 1.807) is 35.4 Å². The Morgan fingerprint density at radius 3 is 2.36 bits per heavy atom. The molecule has 0 fully saturated rings. The second-order valence-electron chi connectivity index (χ2n) is 6.46. The molecule has 0 spiro atoms. The van der Waals surface area contributed by atoms with Gasteiger partial charge in [-0.15, -0.1) is 29.7 Å². The number of thioether (sulfide) groups is 2. The van der Waals surface area contributed by atoms with E-state index < -0.39 is 0 Å². The maximum atomic E-state index is 6.65. The van der Waals surface area contributed by atoms with Crippen LogP contribution in [0.3, 0.4) is 0 Å². The Balaban J connectivity index is 0.000000705. The molecule has 4 rings (SSSR count). The summed E-state index contributed by atoms with van der Waals surface area (Å²) < 4.78 is 0.292. The van der Waals surface area contributed by atoms with Crippen LogP contribution in [0.1, 0.15) is 66.0 Å². The van der Waals surface area contributed by atoms with Crippen LogP contribution in [0.2, 0.25) is 0 Å². The molecule has 0 saturated heterocycles. The van der Waals surface area contributed by atoms with Gasteiger partial charge in [0, 0.05) is 22.7 Å². The number of rotatable bonds is 6. The van der Waals surface area contributed by atoms with Gasteiger partial charge >= 0.3 is 0 Å². The molecule has 1 aliphatic rings. The van der Waals surface area contributed by atoms with E-state index in [2.05, 4.69) is 30.6 Å². The van der Waals surface area contributed by atoms with Crippen molar-refractivity contribution in [1.29, 1.82) is 0 Å². The Bertz CT molecular complexity index is 915. The lowest BCUT2D eigenvalue weighted by atomic mass is 10.0.